The molecule has 27 heavy (non-hydrogen) atoms. The third-order valence-corrected chi connectivity index (χ3v) is 5.38. The van der Waals surface area contributed by atoms with E-state index in [0.29, 0.717) is 51.3 Å². The fraction of sp³-hybridized carbons (Fsp3) is 0.632. The average molecular weight is 375 g/mol. The van der Waals surface area contributed by atoms with E-state index in [-0.39, 0.29) is 23.6 Å². The largest absolute Gasteiger partial charge is 0.376 e. The highest BCUT2D eigenvalue weighted by atomic mass is 16.7. The molecule has 2 amide bonds. The van der Waals surface area contributed by atoms with Gasteiger partial charge in [-0.1, -0.05) is 0 Å². The third-order valence-electron chi connectivity index (χ3n) is 5.38. The molecule has 8 nitrogen and oxygen atoms in total. The summed E-state index contributed by atoms with van der Waals surface area (Å²) in [5.74, 6) is -0.905. The molecule has 0 radical (unpaired) electrons. The summed E-state index contributed by atoms with van der Waals surface area (Å²) in [7, 11) is 0. The molecule has 1 unspecified atom stereocenters. The summed E-state index contributed by atoms with van der Waals surface area (Å²) in [6.45, 7) is 3.56. The lowest BCUT2D eigenvalue weighted by atomic mass is 10.0. The molecular weight excluding hydrogens is 350 g/mol. The number of pyridine rings is 1. The van der Waals surface area contributed by atoms with E-state index >= 15 is 0 Å². The zero-order valence-electron chi connectivity index (χ0n) is 15.3. The smallest absolute Gasteiger partial charge is 0.272 e. The first-order valence-corrected chi connectivity index (χ1v) is 9.58. The first kappa shape index (κ1) is 18.3. The van der Waals surface area contributed by atoms with Gasteiger partial charge in [0.05, 0.1) is 19.3 Å². The molecule has 0 aliphatic carbocycles. The van der Waals surface area contributed by atoms with Gasteiger partial charge in [-0.3, -0.25) is 14.6 Å². The van der Waals surface area contributed by atoms with Gasteiger partial charge in [-0.05, 0) is 25.0 Å². The summed E-state index contributed by atoms with van der Waals surface area (Å²) < 4.78 is 16.9. The molecule has 1 atom stereocenters. The van der Waals surface area contributed by atoms with E-state index in [1.165, 1.54) is 6.20 Å². The number of nitrogens with one attached hydrogen (secondary N) is 1. The summed E-state index contributed by atoms with van der Waals surface area (Å²) >= 11 is 0. The Morgan fingerprint density at radius 2 is 2.00 bits per heavy atom. The quantitative estimate of drug-likeness (QED) is 0.843. The minimum atomic E-state index is -0.520. The maximum Gasteiger partial charge on any atom is 0.272 e. The number of ether oxygens (including phenoxy) is 3. The van der Waals surface area contributed by atoms with Crippen LogP contribution in [0.3, 0.4) is 0 Å². The molecule has 3 aliphatic rings. The van der Waals surface area contributed by atoms with Gasteiger partial charge in [0.2, 0.25) is 0 Å². The molecule has 0 aromatic carbocycles. The van der Waals surface area contributed by atoms with Crippen LogP contribution >= 0.6 is 0 Å². The molecule has 3 saturated heterocycles. The Kier molecular flexibility index (Phi) is 5.38. The first-order valence-electron chi connectivity index (χ1n) is 9.58. The number of aromatic nitrogens is 1. The Morgan fingerprint density at radius 3 is 2.70 bits per heavy atom. The van der Waals surface area contributed by atoms with Crippen LogP contribution in [-0.2, 0) is 14.2 Å². The summed E-state index contributed by atoms with van der Waals surface area (Å²) in [5.41, 5.74) is 0.714. The van der Waals surface area contributed by atoms with Crippen LogP contribution < -0.4 is 5.32 Å². The van der Waals surface area contributed by atoms with E-state index in [4.69, 9.17) is 14.2 Å². The molecule has 1 aromatic rings. The number of carbonyl (C=O) groups is 2. The van der Waals surface area contributed by atoms with E-state index in [1.807, 2.05) is 0 Å². The van der Waals surface area contributed by atoms with Gasteiger partial charge in [0.1, 0.15) is 5.69 Å². The van der Waals surface area contributed by atoms with Crippen molar-refractivity contribution in [2.24, 2.45) is 0 Å². The Bertz CT molecular complexity index is 688. The summed E-state index contributed by atoms with van der Waals surface area (Å²) in [5, 5.41) is 2.87. The number of amides is 2. The van der Waals surface area contributed by atoms with E-state index < -0.39 is 5.79 Å². The van der Waals surface area contributed by atoms with Crippen molar-refractivity contribution in [3.63, 3.8) is 0 Å². The van der Waals surface area contributed by atoms with Crippen molar-refractivity contribution in [3.05, 3.63) is 29.6 Å². The highest BCUT2D eigenvalue weighted by Gasteiger charge is 2.41. The van der Waals surface area contributed by atoms with E-state index in [2.05, 4.69) is 10.3 Å². The van der Waals surface area contributed by atoms with Crippen molar-refractivity contribution < 1.29 is 23.8 Å². The molecule has 0 saturated carbocycles. The standard InChI is InChI=1S/C19H25N3O5/c23-17(21-13-15-2-1-9-25-15)14-3-6-20-16(12-14)18(24)22-7-4-19(5-8-22)26-10-11-27-19/h3,6,12,15H,1-2,4-5,7-11,13H2,(H,21,23). The zero-order valence-corrected chi connectivity index (χ0v) is 15.3. The van der Waals surface area contributed by atoms with Crippen molar-refractivity contribution >= 4 is 11.8 Å². The first-order chi connectivity index (χ1) is 13.2. The lowest BCUT2D eigenvalue weighted by Crippen LogP contribution is -2.47. The Labute approximate surface area is 158 Å². The lowest BCUT2D eigenvalue weighted by Gasteiger charge is -2.37. The van der Waals surface area contributed by atoms with Crippen LogP contribution in [-0.4, -0.2) is 73.0 Å². The van der Waals surface area contributed by atoms with Crippen LogP contribution in [0.4, 0.5) is 0 Å². The van der Waals surface area contributed by atoms with Crippen molar-refractivity contribution in [2.45, 2.75) is 37.6 Å². The molecule has 3 fully saturated rings. The van der Waals surface area contributed by atoms with Crippen molar-refractivity contribution in [1.29, 1.82) is 0 Å². The van der Waals surface area contributed by atoms with Crippen LogP contribution in [0.5, 0.6) is 0 Å². The Morgan fingerprint density at radius 1 is 1.22 bits per heavy atom. The molecule has 1 N–H and O–H groups in total. The second-order valence-electron chi connectivity index (χ2n) is 7.17. The SMILES string of the molecule is O=C(NCC1CCCO1)c1ccnc(C(=O)N2CCC3(CC2)OCCO3)c1. The summed E-state index contributed by atoms with van der Waals surface area (Å²) in [6, 6.07) is 3.17. The van der Waals surface area contributed by atoms with Crippen LogP contribution in [0, 0.1) is 0 Å². The number of nitrogens with zero attached hydrogens (tertiary/aromatic N) is 2. The molecule has 146 valence electrons. The highest BCUT2D eigenvalue weighted by molar-refractivity contribution is 5.98. The molecule has 4 heterocycles. The van der Waals surface area contributed by atoms with Gasteiger partial charge in [0.25, 0.3) is 11.8 Å². The van der Waals surface area contributed by atoms with Gasteiger partial charge in [-0.2, -0.15) is 0 Å². The number of carbonyl (C=O) groups excluding carboxylic acids is 2. The zero-order chi connectivity index (χ0) is 18.7. The van der Waals surface area contributed by atoms with Gasteiger partial charge in [0.15, 0.2) is 5.79 Å². The topological polar surface area (TPSA) is 90.0 Å². The Hall–Kier alpha value is -2.03. The van der Waals surface area contributed by atoms with Crippen LogP contribution in [0.1, 0.15) is 46.5 Å². The molecular formula is C19H25N3O5. The predicted molar refractivity (Wildman–Crippen MR) is 95.3 cm³/mol. The molecule has 1 spiro atoms. The fourth-order valence-corrected chi connectivity index (χ4v) is 3.80. The van der Waals surface area contributed by atoms with E-state index in [0.717, 1.165) is 19.4 Å². The average Bonchev–Trinajstić information content (AvgIpc) is 3.39. The van der Waals surface area contributed by atoms with Gasteiger partial charge < -0.3 is 24.4 Å². The fourth-order valence-electron chi connectivity index (χ4n) is 3.80. The number of hydrogen-bond acceptors (Lipinski definition) is 6. The predicted octanol–water partition coefficient (Wildman–Crippen LogP) is 0.970. The molecule has 1 aromatic heterocycles. The number of likely N-dealkylation sites (tertiary alicyclic amines) is 1. The third kappa shape index (κ3) is 4.12. The Balaban J connectivity index is 1.35. The maximum atomic E-state index is 12.8. The van der Waals surface area contributed by atoms with E-state index in [9.17, 15) is 9.59 Å². The van der Waals surface area contributed by atoms with Crippen LogP contribution in [0.15, 0.2) is 18.3 Å². The maximum absolute atomic E-state index is 12.8. The van der Waals surface area contributed by atoms with Gasteiger partial charge in [-0.25, -0.2) is 0 Å². The number of rotatable bonds is 4. The molecule has 3 aliphatic heterocycles. The van der Waals surface area contributed by atoms with Crippen LogP contribution in [0.25, 0.3) is 0 Å². The second kappa shape index (κ2) is 7.92. The van der Waals surface area contributed by atoms with Gasteiger partial charge in [-0.15, -0.1) is 0 Å². The minimum absolute atomic E-state index is 0.0811. The summed E-state index contributed by atoms with van der Waals surface area (Å²) in [6.07, 6.45) is 4.88. The normalized spacial score (nSPS) is 24.3. The molecule has 4 rings (SSSR count). The van der Waals surface area contributed by atoms with Crippen LogP contribution in [0.2, 0.25) is 0 Å². The highest BCUT2D eigenvalue weighted by Crippen LogP contribution is 2.31. The summed E-state index contributed by atoms with van der Waals surface area (Å²) in [4.78, 5) is 31.1. The van der Waals surface area contributed by atoms with E-state index in [1.54, 1.807) is 17.0 Å². The molecule has 0 bridgehead atoms. The number of piperidine rings is 1. The lowest BCUT2D eigenvalue weighted by molar-refractivity contribution is -0.181. The monoisotopic (exact) mass is 375 g/mol. The molecule has 8 heteroatoms. The second-order valence-corrected chi connectivity index (χ2v) is 7.17. The van der Waals surface area contributed by atoms with Crippen molar-refractivity contribution in [3.8, 4) is 0 Å². The number of hydrogen-bond donors (Lipinski definition) is 1. The van der Waals surface area contributed by atoms with Crippen molar-refractivity contribution in [2.75, 3.05) is 39.5 Å². The minimum Gasteiger partial charge on any atom is -0.376 e. The van der Waals surface area contributed by atoms with Crippen molar-refractivity contribution in [1.82, 2.24) is 15.2 Å². The van der Waals surface area contributed by atoms with Gasteiger partial charge in [0, 0.05) is 50.8 Å². The van der Waals surface area contributed by atoms with Gasteiger partial charge >= 0.3 is 0 Å².